The van der Waals surface area contributed by atoms with Gasteiger partial charge in [-0.2, -0.15) is 0 Å². The number of amides is 1. The molecule has 0 radical (unpaired) electrons. The second-order valence-corrected chi connectivity index (χ2v) is 6.68. The molecule has 0 spiro atoms. The van der Waals surface area contributed by atoms with Gasteiger partial charge in [0.1, 0.15) is 12.3 Å². The minimum atomic E-state index is 0.0414. The predicted octanol–water partition coefficient (Wildman–Crippen LogP) is 3.68. The fourth-order valence-corrected chi connectivity index (χ4v) is 3.17. The molecule has 5 heteroatoms. The lowest BCUT2D eigenvalue weighted by atomic mass is 10.2. The van der Waals surface area contributed by atoms with E-state index in [0.717, 1.165) is 36.0 Å². The summed E-state index contributed by atoms with van der Waals surface area (Å²) in [5, 5.41) is 4.09. The van der Waals surface area contributed by atoms with Crippen LogP contribution in [0.25, 0.3) is 10.9 Å². The van der Waals surface area contributed by atoms with Crippen molar-refractivity contribution in [2.24, 2.45) is 0 Å². The van der Waals surface area contributed by atoms with Crippen LogP contribution in [0, 0.1) is 0 Å². The molecule has 3 aromatic rings. The fraction of sp³-hybridized carbons (Fsp3) is 0.318. The molecule has 0 saturated heterocycles. The van der Waals surface area contributed by atoms with Gasteiger partial charge in [-0.05, 0) is 49.2 Å². The van der Waals surface area contributed by atoms with Crippen LogP contribution in [0.1, 0.15) is 12.8 Å². The Morgan fingerprint density at radius 2 is 1.93 bits per heavy atom. The SMILES string of the molecule is COc1ccc2c(ccn2CC(=O)NCCCCN(C)c2ccccc2)c1. The van der Waals surface area contributed by atoms with Crippen molar-refractivity contribution in [2.75, 3.05) is 32.1 Å². The molecule has 1 aromatic heterocycles. The number of carbonyl (C=O) groups is 1. The Balaban J connectivity index is 1.40. The van der Waals surface area contributed by atoms with Crippen LogP contribution in [0.2, 0.25) is 0 Å². The zero-order valence-electron chi connectivity index (χ0n) is 16.0. The molecule has 2 aromatic carbocycles. The number of fused-ring (bicyclic) bond motifs is 1. The molecule has 3 rings (SSSR count). The first-order valence-electron chi connectivity index (χ1n) is 9.33. The van der Waals surface area contributed by atoms with Crippen LogP contribution >= 0.6 is 0 Å². The Morgan fingerprint density at radius 1 is 1.11 bits per heavy atom. The van der Waals surface area contributed by atoms with Crippen LogP contribution in [-0.4, -0.2) is 37.7 Å². The molecule has 0 atom stereocenters. The summed E-state index contributed by atoms with van der Waals surface area (Å²) in [5.41, 5.74) is 2.26. The summed E-state index contributed by atoms with van der Waals surface area (Å²) in [6, 6.07) is 18.2. The van der Waals surface area contributed by atoms with Gasteiger partial charge in [0, 0.05) is 42.9 Å². The lowest BCUT2D eigenvalue weighted by Crippen LogP contribution is -2.29. The summed E-state index contributed by atoms with van der Waals surface area (Å²) >= 11 is 0. The normalized spacial score (nSPS) is 10.7. The third-order valence-electron chi connectivity index (χ3n) is 4.73. The van der Waals surface area contributed by atoms with E-state index in [1.165, 1.54) is 5.69 Å². The Kier molecular flexibility index (Phi) is 6.36. The summed E-state index contributed by atoms with van der Waals surface area (Å²) in [5.74, 6) is 0.866. The molecule has 0 aliphatic carbocycles. The average Bonchev–Trinajstić information content (AvgIpc) is 3.10. The van der Waals surface area contributed by atoms with E-state index < -0.39 is 0 Å². The number of unbranched alkanes of at least 4 members (excludes halogenated alkanes) is 1. The van der Waals surface area contributed by atoms with Gasteiger partial charge in [0.15, 0.2) is 0 Å². The van der Waals surface area contributed by atoms with Crippen LogP contribution in [0.3, 0.4) is 0 Å². The van der Waals surface area contributed by atoms with E-state index in [-0.39, 0.29) is 5.91 Å². The van der Waals surface area contributed by atoms with E-state index in [0.29, 0.717) is 13.1 Å². The predicted molar refractivity (Wildman–Crippen MR) is 110 cm³/mol. The van der Waals surface area contributed by atoms with Gasteiger partial charge in [0.2, 0.25) is 5.91 Å². The van der Waals surface area contributed by atoms with Crippen LogP contribution in [-0.2, 0) is 11.3 Å². The maximum atomic E-state index is 12.2. The molecular weight excluding hydrogens is 338 g/mol. The van der Waals surface area contributed by atoms with E-state index in [4.69, 9.17) is 4.74 Å². The molecule has 1 heterocycles. The van der Waals surface area contributed by atoms with Gasteiger partial charge in [0.05, 0.1) is 7.11 Å². The maximum absolute atomic E-state index is 12.2. The molecule has 0 saturated carbocycles. The monoisotopic (exact) mass is 365 g/mol. The lowest BCUT2D eigenvalue weighted by molar-refractivity contribution is -0.121. The molecule has 0 aliphatic rings. The Bertz CT molecular complexity index is 874. The second kappa shape index (κ2) is 9.12. The van der Waals surface area contributed by atoms with Crippen molar-refractivity contribution in [3.8, 4) is 5.75 Å². The average molecular weight is 365 g/mol. The van der Waals surface area contributed by atoms with E-state index in [1.807, 2.05) is 53.2 Å². The summed E-state index contributed by atoms with van der Waals surface area (Å²) < 4.78 is 7.21. The number of nitrogens with zero attached hydrogens (tertiary/aromatic N) is 2. The number of methoxy groups -OCH3 is 1. The number of rotatable bonds is 9. The standard InChI is InChI=1S/C22H27N3O2/c1-24(19-8-4-3-5-9-19)14-7-6-13-23-22(26)17-25-15-12-18-16-20(27-2)10-11-21(18)25/h3-5,8-12,15-16H,6-7,13-14,17H2,1-2H3,(H,23,26). The first-order chi connectivity index (χ1) is 13.2. The first kappa shape index (κ1) is 18.8. The molecule has 5 nitrogen and oxygen atoms in total. The molecule has 142 valence electrons. The van der Waals surface area contributed by atoms with Gasteiger partial charge in [-0.3, -0.25) is 4.79 Å². The van der Waals surface area contributed by atoms with Crippen LogP contribution in [0.15, 0.2) is 60.8 Å². The van der Waals surface area contributed by atoms with Crippen molar-refractivity contribution in [1.82, 2.24) is 9.88 Å². The van der Waals surface area contributed by atoms with Gasteiger partial charge in [-0.1, -0.05) is 18.2 Å². The highest BCUT2D eigenvalue weighted by atomic mass is 16.5. The highest BCUT2D eigenvalue weighted by Crippen LogP contribution is 2.21. The van der Waals surface area contributed by atoms with Gasteiger partial charge < -0.3 is 19.5 Å². The highest BCUT2D eigenvalue weighted by molar-refractivity contribution is 5.84. The van der Waals surface area contributed by atoms with E-state index in [1.54, 1.807) is 7.11 Å². The van der Waals surface area contributed by atoms with E-state index in [9.17, 15) is 4.79 Å². The highest BCUT2D eigenvalue weighted by Gasteiger charge is 2.07. The van der Waals surface area contributed by atoms with Crippen molar-refractivity contribution in [1.29, 1.82) is 0 Å². The largest absolute Gasteiger partial charge is 0.497 e. The number of anilines is 1. The van der Waals surface area contributed by atoms with Gasteiger partial charge in [-0.15, -0.1) is 0 Å². The number of aromatic nitrogens is 1. The molecule has 0 fully saturated rings. The van der Waals surface area contributed by atoms with E-state index >= 15 is 0 Å². The van der Waals surface area contributed by atoms with Crippen LogP contribution in [0.4, 0.5) is 5.69 Å². The molecule has 0 bridgehead atoms. The Labute approximate surface area is 160 Å². The summed E-state index contributed by atoms with van der Waals surface area (Å²) in [7, 11) is 3.75. The number of ether oxygens (including phenoxy) is 1. The second-order valence-electron chi connectivity index (χ2n) is 6.68. The number of para-hydroxylation sites is 1. The molecule has 1 N–H and O–H groups in total. The van der Waals surface area contributed by atoms with Gasteiger partial charge >= 0.3 is 0 Å². The van der Waals surface area contributed by atoms with Crippen molar-refractivity contribution in [3.63, 3.8) is 0 Å². The number of nitrogens with one attached hydrogen (secondary N) is 1. The number of hydrogen-bond acceptors (Lipinski definition) is 3. The Hall–Kier alpha value is -2.95. The van der Waals surface area contributed by atoms with E-state index in [2.05, 4.69) is 29.4 Å². The smallest absolute Gasteiger partial charge is 0.239 e. The third kappa shape index (κ3) is 5.03. The number of hydrogen-bond donors (Lipinski definition) is 1. The minimum absolute atomic E-state index is 0.0414. The summed E-state index contributed by atoms with van der Waals surface area (Å²) in [6.45, 7) is 2.01. The first-order valence-corrected chi connectivity index (χ1v) is 9.33. The quantitative estimate of drug-likeness (QED) is 0.589. The number of benzene rings is 2. The maximum Gasteiger partial charge on any atom is 0.239 e. The zero-order valence-corrected chi connectivity index (χ0v) is 16.0. The van der Waals surface area contributed by atoms with Crippen molar-refractivity contribution < 1.29 is 9.53 Å². The van der Waals surface area contributed by atoms with Gasteiger partial charge in [0.25, 0.3) is 0 Å². The number of carbonyl (C=O) groups excluding carboxylic acids is 1. The molecular formula is C22H27N3O2. The molecule has 1 amide bonds. The molecule has 27 heavy (non-hydrogen) atoms. The third-order valence-corrected chi connectivity index (χ3v) is 4.73. The summed E-state index contributed by atoms with van der Waals surface area (Å²) in [6.07, 6.45) is 3.95. The minimum Gasteiger partial charge on any atom is -0.497 e. The summed E-state index contributed by atoms with van der Waals surface area (Å²) in [4.78, 5) is 14.5. The zero-order chi connectivity index (χ0) is 19.1. The van der Waals surface area contributed by atoms with Crippen molar-refractivity contribution in [2.45, 2.75) is 19.4 Å². The Morgan fingerprint density at radius 3 is 2.70 bits per heavy atom. The lowest BCUT2D eigenvalue weighted by Gasteiger charge is -2.19. The fourth-order valence-electron chi connectivity index (χ4n) is 3.17. The molecule has 0 aliphatic heterocycles. The van der Waals surface area contributed by atoms with Crippen molar-refractivity contribution >= 4 is 22.5 Å². The van der Waals surface area contributed by atoms with Crippen molar-refractivity contribution in [3.05, 3.63) is 60.8 Å². The molecule has 0 unspecified atom stereocenters. The van der Waals surface area contributed by atoms with Crippen LogP contribution < -0.4 is 15.0 Å². The van der Waals surface area contributed by atoms with Gasteiger partial charge in [-0.25, -0.2) is 0 Å². The van der Waals surface area contributed by atoms with Crippen LogP contribution in [0.5, 0.6) is 5.75 Å². The topological polar surface area (TPSA) is 46.5 Å².